The van der Waals surface area contributed by atoms with E-state index in [-0.39, 0.29) is 5.91 Å². The second-order valence-electron chi connectivity index (χ2n) is 5.09. The van der Waals surface area contributed by atoms with Crippen molar-refractivity contribution < 1.29 is 4.79 Å². The van der Waals surface area contributed by atoms with Gasteiger partial charge in [0, 0.05) is 30.4 Å². The van der Waals surface area contributed by atoms with Crippen molar-refractivity contribution in [2.45, 2.75) is 6.92 Å². The largest absolute Gasteiger partial charge is 0.397 e. The van der Waals surface area contributed by atoms with Gasteiger partial charge >= 0.3 is 0 Å². The van der Waals surface area contributed by atoms with Crippen molar-refractivity contribution in [1.82, 2.24) is 0 Å². The van der Waals surface area contributed by atoms with Crippen LogP contribution in [0.15, 0.2) is 36.4 Å². The molecule has 4 nitrogen and oxygen atoms in total. The third kappa shape index (κ3) is 3.47. The van der Waals surface area contributed by atoms with Crippen molar-refractivity contribution in [2.75, 3.05) is 30.0 Å². The monoisotopic (exact) mass is 303 g/mol. The fraction of sp³-hybridized carbons (Fsp3) is 0.188. The first-order chi connectivity index (χ1) is 9.88. The van der Waals surface area contributed by atoms with Crippen LogP contribution in [0.25, 0.3) is 0 Å². The van der Waals surface area contributed by atoms with Crippen molar-refractivity contribution in [3.8, 4) is 0 Å². The van der Waals surface area contributed by atoms with E-state index in [2.05, 4.69) is 5.32 Å². The average Bonchev–Trinajstić information content (AvgIpc) is 2.42. The molecule has 110 valence electrons. The van der Waals surface area contributed by atoms with Crippen LogP contribution in [0.3, 0.4) is 0 Å². The minimum Gasteiger partial charge on any atom is -0.397 e. The zero-order valence-electron chi connectivity index (χ0n) is 12.3. The summed E-state index contributed by atoms with van der Waals surface area (Å²) in [6.07, 6.45) is 0. The zero-order valence-corrected chi connectivity index (χ0v) is 13.0. The number of hydrogen-bond donors (Lipinski definition) is 2. The molecule has 0 saturated heterocycles. The molecule has 3 N–H and O–H groups in total. The summed E-state index contributed by atoms with van der Waals surface area (Å²) in [5, 5.41) is 3.43. The van der Waals surface area contributed by atoms with Crippen molar-refractivity contribution in [1.29, 1.82) is 0 Å². The highest BCUT2D eigenvalue weighted by atomic mass is 35.5. The second-order valence-corrected chi connectivity index (χ2v) is 5.49. The van der Waals surface area contributed by atoms with Gasteiger partial charge in [-0.25, -0.2) is 0 Å². The summed E-state index contributed by atoms with van der Waals surface area (Å²) in [7, 11) is 3.81. The topological polar surface area (TPSA) is 58.4 Å². The molecular formula is C16H18ClN3O. The number of rotatable bonds is 3. The lowest BCUT2D eigenvalue weighted by atomic mass is 10.1. The lowest BCUT2D eigenvalue weighted by molar-refractivity contribution is 0.102. The maximum absolute atomic E-state index is 12.2. The number of nitrogens with one attached hydrogen (secondary N) is 1. The summed E-state index contributed by atoms with van der Waals surface area (Å²) in [6, 6.07) is 10.6. The number of nitrogens with zero attached hydrogens (tertiary/aromatic N) is 1. The molecule has 0 bridgehead atoms. The van der Waals surface area contributed by atoms with E-state index in [0.717, 1.165) is 11.3 Å². The fourth-order valence-electron chi connectivity index (χ4n) is 1.98. The molecule has 0 saturated carbocycles. The molecule has 5 heteroatoms. The minimum absolute atomic E-state index is 0.216. The van der Waals surface area contributed by atoms with E-state index in [1.54, 1.807) is 18.2 Å². The molecule has 0 aliphatic rings. The number of hydrogen-bond acceptors (Lipinski definition) is 3. The lowest BCUT2D eigenvalue weighted by Gasteiger charge is -2.16. The fourth-order valence-corrected chi connectivity index (χ4v) is 2.16. The van der Waals surface area contributed by atoms with Crippen LogP contribution in [0.1, 0.15) is 15.9 Å². The van der Waals surface area contributed by atoms with Gasteiger partial charge in [-0.1, -0.05) is 17.7 Å². The maximum Gasteiger partial charge on any atom is 0.255 e. The Labute approximate surface area is 129 Å². The second kappa shape index (κ2) is 6.06. The molecular weight excluding hydrogens is 286 g/mol. The third-order valence-corrected chi connectivity index (χ3v) is 3.61. The number of amides is 1. The number of halogens is 1. The summed E-state index contributed by atoms with van der Waals surface area (Å²) in [4.78, 5) is 14.1. The number of carbonyl (C=O) groups is 1. The van der Waals surface area contributed by atoms with Gasteiger partial charge in [-0.05, 0) is 42.8 Å². The predicted octanol–water partition coefficient (Wildman–Crippen LogP) is 3.55. The Morgan fingerprint density at radius 1 is 1.19 bits per heavy atom. The number of aryl methyl sites for hydroxylation is 1. The highest BCUT2D eigenvalue weighted by Crippen LogP contribution is 2.24. The molecule has 1 amide bonds. The van der Waals surface area contributed by atoms with Gasteiger partial charge in [-0.3, -0.25) is 4.79 Å². The first-order valence-electron chi connectivity index (χ1n) is 6.53. The van der Waals surface area contributed by atoms with Crippen LogP contribution in [0.5, 0.6) is 0 Å². The Bertz CT molecular complexity index is 683. The molecule has 0 aromatic heterocycles. The van der Waals surface area contributed by atoms with Gasteiger partial charge in [0.05, 0.1) is 11.4 Å². The molecule has 0 aliphatic carbocycles. The number of benzene rings is 2. The standard InChI is InChI=1S/C16H18ClN3O/c1-10-4-6-12(9-13(10)17)19-16(21)11-5-7-15(20(2)3)14(18)8-11/h4-9H,18H2,1-3H3,(H,19,21). The minimum atomic E-state index is -0.216. The molecule has 0 unspecified atom stereocenters. The van der Waals surface area contributed by atoms with E-state index in [0.29, 0.717) is 22.0 Å². The normalized spacial score (nSPS) is 10.3. The molecule has 2 rings (SSSR count). The van der Waals surface area contributed by atoms with E-state index < -0.39 is 0 Å². The molecule has 0 spiro atoms. The van der Waals surface area contributed by atoms with Gasteiger partial charge in [0.25, 0.3) is 5.91 Å². The van der Waals surface area contributed by atoms with Gasteiger partial charge in [-0.2, -0.15) is 0 Å². The van der Waals surface area contributed by atoms with E-state index in [1.165, 1.54) is 0 Å². The first-order valence-corrected chi connectivity index (χ1v) is 6.90. The van der Waals surface area contributed by atoms with Gasteiger partial charge in [0.2, 0.25) is 0 Å². The molecule has 21 heavy (non-hydrogen) atoms. The van der Waals surface area contributed by atoms with Gasteiger partial charge < -0.3 is 16.0 Å². The molecule has 0 atom stereocenters. The van der Waals surface area contributed by atoms with Crippen molar-refractivity contribution in [3.63, 3.8) is 0 Å². The highest BCUT2D eigenvalue weighted by Gasteiger charge is 2.10. The van der Waals surface area contributed by atoms with Gasteiger partial charge in [0.1, 0.15) is 0 Å². The molecule has 0 aliphatic heterocycles. The quantitative estimate of drug-likeness (QED) is 0.853. The summed E-state index contributed by atoms with van der Waals surface area (Å²) < 4.78 is 0. The molecule has 0 fully saturated rings. The summed E-state index contributed by atoms with van der Waals surface area (Å²) >= 11 is 6.05. The van der Waals surface area contributed by atoms with E-state index in [4.69, 9.17) is 17.3 Å². The maximum atomic E-state index is 12.2. The lowest BCUT2D eigenvalue weighted by Crippen LogP contribution is -2.15. The number of carbonyl (C=O) groups excluding carboxylic acids is 1. The molecule has 0 heterocycles. The molecule has 2 aromatic carbocycles. The Kier molecular flexibility index (Phi) is 4.38. The third-order valence-electron chi connectivity index (χ3n) is 3.20. The van der Waals surface area contributed by atoms with Crippen LogP contribution in [-0.4, -0.2) is 20.0 Å². The Morgan fingerprint density at radius 2 is 1.90 bits per heavy atom. The van der Waals surface area contributed by atoms with Crippen LogP contribution in [0.4, 0.5) is 17.1 Å². The van der Waals surface area contributed by atoms with Crippen LogP contribution in [0.2, 0.25) is 5.02 Å². The SMILES string of the molecule is Cc1ccc(NC(=O)c2ccc(N(C)C)c(N)c2)cc1Cl. The van der Waals surface area contributed by atoms with E-state index in [9.17, 15) is 4.79 Å². The Balaban J connectivity index is 2.20. The Hall–Kier alpha value is -2.20. The predicted molar refractivity (Wildman–Crippen MR) is 89.3 cm³/mol. The Morgan fingerprint density at radius 3 is 2.48 bits per heavy atom. The summed E-state index contributed by atoms with van der Waals surface area (Å²) in [5.41, 5.74) is 9.53. The number of nitrogens with two attached hydrogens (primary N) is 1. The number of anilines is 3. The van der Waals surface area contributed by atoms with Crippen LogP contribution >= 0.6 is 11.6 Å². The first kappa shape index (κ1) is 15.2. The molecule has 2 aromatic rings. The smallest absolute Gasteiger partial charge is 0.255 e. The van der Waals surface area contributed by atoms with Crippen molar-refractivity contribution >= 4 is 34.6 Å². The summed E-state index contributed by atoms with van der Waals surface area (Å²) in [5.74, 6) is -0.216. The van der Waals surface area contributed by atoms with Crippen LogP contribution < -0.4 is 16.0 Å². The van der Waals surface area contributed by atoms with E-state index >= 15 is 0 Å². The summed E-state index contributed by atoms with van der Waals surface area (Å²) in [6.45, 7) is 1.91. The van der Waals surface area contributed by atoms with Crippen molar-refractivity contribution in [3.05, 3.63) is 52.5 Å². The van der Waals surface area contributed by atoms with Crippen LogP contribution in [0, 0.1) is 6.92 Å². The highest BCUT2D eigenvalue weighted by molar-refractivity contribution is 6.31. The van der Waals surface area contributed by atoms with Gasteiger partial charge in [-0.15, -0.1) is 0 Å². The van der Waals surface area contributed by atoms with Crippen molar-refractivity contribution in [2.24, 2.45) is 0 Å². The zero-order chi connectivity index (χ0) is 15.6. The average molecular weight is 304 g/mol. The van der Waals surface area contributed by atoms with Crippen LogP contribution in [-0.2, 0) is 0 Å². The number of nitrogen functional groups attached to an aromatic ring is 1. The van der Waals surface area contributed by atoms with Gasteiger partial charge in [0.15, 0.2) is 0 Å². The van der Waals surface area contributed by atoms with E-state index in [1.807, 2.05) is 44.1 Å². The molecule has 0 radical (unpaired) electrons.